The molecular weight excluding hydrogens is 198 g/mol. The van der Waals surface area contributed by atoms with Gasteiger partial charge in [-0.15, -0.1) is 0 Å². The Kier molecular flexibility index (Phi) is 5.08. The molecule has 1 aromatic carbocycles. The second-order valence-corrected chi connectivity index (χ2v) is 3.41. The number of hydrogen-bond acceptors (Lipinski definition) is 2. The molecule has 0 N–H and O–H groups in total. The summed E-state index contributed by atoms with van der Waals surface area (Å²) >= 11 is 5.80. The van der Waals surface area contributed by atoms with Crippen LogP contribution < -0.4 is 0 Å². The largest absolute Gasteiger partial charge is 0.396 e. The number of oxime groups is 1. The molecule has 0 heterocycles. The van der Waals surface area contributed by atoms with Gasteiger partial charge < -0.3 is 4.84 Å². The number of hydrogen-bond donors (Lipinski definition) is 0. The average Bonchev–Trinajstić information content (AvgIpc) is 2.18. The topological polar surface area (TPSA) is 21.6 Å². The van der Waals surface area contributed by atoms with Gasteiger partial charge >= 0.3 is 0 Å². The molecule has 0 spiro atoms. The fourth-order valence-corrected chi connectivity index (χ4v) is 1.15. The lowest BCUT2D eigenvalue weighted by molar-refractivity contribution is 0.143. The van der Waals surface area contributed by atoms with Crippen LogP contribution in [0.25, 0.3) is 0 Å². The first-order valence-corrected chi connectivity index (χ1v) is 5.11. The minimum atomic E-state index is 0.674. The molecule has 0 aliphatic heterocycles. The second-order valence-electron chi connectivity index (χ2n) is 2.98. The summed E-state index contributed by atoms with van der Waals surface area (Å²) in [4.78, 5) is 5.04. The van der Waals surface area contributed by atoms with Gasteiger partial charge in [-0.3, -0.25) is 0 Å². The van der Waals surface area contributed by atoms with Crippen molar-refractivity contribution in [3.63, 3.8) is 0 Å². The lowest BCUT2D eigenvalue weighted by Crippen LogP contribution is -1.88. The first-order valence-electron chi connectivity index (χ1n) is 4.74. The third-order valence-electron chi connectivity index (χ3n) is 1.71. The van der Waals surface area contributed by atoms with Gasteiger partial charge in [0.25, 0.3) is 0 Å². The van der Waals surface area contributed by atoms with Crippen molar-refractivity contribution in [3.8, 4) is 0 Å². The van der Waals surface area contributed by atoms with E-state index in [4.69, 9.17) is 16.4 Å². The monoisotopic (exact) mass is 211 g/mol. The van der Waals surface area contributed by atoms with E-state index in [9.17, 15) is 0 Å². The number of benzene rings is 1. The molecule has 0 aromatic heterocycles. The predicted molar refractivity (Wildman–Crippen MR) is 59.9 cm³/mol. The highest BCUT2D eigenvalue weighted by molar-refractivity contribution is 6.30. The SMILES string of the molecule is CCCCON=Cc1cccc(Cl)c1. The van der Waals surface area contributed by atoms with Gasteiger partial charge in [0.2, 0.25) is 0 Å². The normalized spacial score (nSPS) is 10.7. The maximum atomic E-state index is 5.80. The second kappa shape index (κ2) is 6.44. The van der Waals surface area contributed by atoms with E-state index in [1.807, 2.05) is 24.3 Å². The Morgan fingerprint density at radius 3 is 3.07 bits per heavy atom. The summed E-state index contributed by atoms with van der Waals surface area (Å²) in [6.07, 6.45) is 3.82. The third-order valence-corrected chi connectivity index (χ3v) is 1.95. The van der Waals surface area contributed by atoms with E-state index in [1.54, 1.807) is 6.21 Å². The summed E-state index contributed by atoms with van der Waals surface area (Å²) in [5.41, 5.74) is 0.953. The van der Waals surface area contributed by atoms with Gasteiger partial charge in [0.1, 0.15) is 6.61 Å². The Morgan fingerprint density at radius 1 is 1.50 bits per heavy atom. The standard InChI is InChI=1S/C11H14ClNO/c1-2-3-7-14-13-9-10-5-4-6-11(12)8-10/h4-6,8-9H,2-3,7H2,1H3. The van der Waals surface area contributed by atoms with E-state index in [1.165, 1.54) is 0 Å². The van der Waals surface area contributed by atoms with Crippen LogP contribution in [-0.2, 0) is 4.84 Å². The molecule has 0 saturated carbocycles. The van der Waals surface area contributed by atoms with Gasteiger partial charge in [-0.25, -0.2) is 0 Å². The van der Waals surface area contributed by atoms with E-state index < -0.39 is 0 Å². The summed E-state index contributed by atoms with van der Waals surface area (Å²) in [6, 6.07) is 7.49. The molecule has 1 rings (SSSR count). The number of nitrogens with zero attached hydrogens (tertiary/aromatic N) is 1. The Balaban J connectivity index is 2.36. The summed E-state index contributed by atoms with van der Waals surface area (Å²) in [6.45, 7) is 2.79. The fraction of sp³-hybridized carbons (Fsp3) is 0.364. The van der Waals surface area contributed by atoms with Gasteiger partial charge in [0, 0.05) is 5.02 Å². The molecule has 0 saturated heterocycles. The maximum absolute atomic E-state index is 5.80. The van der Waals surface area contributed by atoms with Crippen molar-refractivity contribution < 1.29 is 4.84 Å². The summed E-state index contributed by atoms with van der Waals surface area (Å²) in [5.74, 6) is 0. The van der Waals surface area contributed by atoms with Gasteiger partial charge in [-0.1, -0.05) is 42.2 Å². The zero-order valence-corrected chi connectivity index (χ0v) is 9.00. The Hall–Kier alpha value is -1.02. The molecule has 0 amide bonds. The summed E-state index contributed by atoms with van der Waals surface area (Å²) < 4.78 is 0. The van der Waals surface area contributed by atoms with Crippen LogP contribution in [0.4, 0.5) is 0 Å². The van der Waals surface area contributed by atoms with Crippen molar-refractivity contribution in [2.75, 3.05) is 6.61 Å². The van der Waals surface area contributed by atoms with E-state index in [0.29, 0.717) is 11.6 Å². The quantitative estimate of drug-likeness (QED) is 0.415. The van der Waals surface area contributed by atoms with E-state index in [-0.39, 0.29) is 0 Å². The molecule has 0 aliphatic rings. The van der Waals surface area contributed by atoms with Crippen LogP contribution in [0, 0.1) is 0 Å². The first kappa shape index (κ1) is 11.1. The summed E-state index contributed by atoms with van der Waals surface area (Å²) in [5, 5.41) is 4.55. The molecule has 2 nitrogen and oxygen atoms in total. The highest BCUT2D eigenvalue weighted by atomic mass is 35.5. The van der Waals surface area contributed by atoms with Crippen molar-refractivity contribution in [3.05, 3.63) is 34.9 Å². The van der Waals surface area contributed by atoms with Crippen LogP contribution in [0.15, 0.2) is 29.4 Å². The smallest absolute Gasteiger partial charge is 0.117 e. The van der Waals surface area contributed by atoms with Crippen molar-refractivity contribution in [2.45, 2.75) is 19.8 Å². The van der Waals surface area contributed by atoms with E-state index in [0.717, 1.165) is 18.4 Å². The molecule has 76 valence electrons. The molecule has 0 fully saturated rings. The van der Waals surface area contributed by atoms with Crippen LogP contribution in [0.1, 0.15) is 25.3 Å². The molecule has 0 radical (unpaired) electrons. The Bertz CT molecular complexity index is 299. The van der Waals surface area contributed by atoms with Crippen molar-refractivity contribution >= 4 is 17.8 Å². The molecule has 0 aliphatic carbocycles. The average molecular weight is 212 g/mol. The maximum Gasteiger partial charge on any atom is 0.117 e. The van der Waals surface area contributed by atoms with Crippen molar-refractivity contribution in [1.29, 1.82) is 0 Å². The molecule has 1 aromatic rings. The van der Waals surface area contributed by atoms with Crippen LogP contribution in [-0.4, -0.2) is 12.8 Å². The Morgan fingerprint density at radius 2 is 2.36 bits per heavy atom. The van der Waals surface area contributed by atoms with Gasteiger partial charge in [0.15, 0.2) is 0 Å². The number of rotatable bonds is 5. The zero-order valence-electron chi connectivity index (χ0n) is 8.24. The Labute approximate surface area is 89.5 Å². The van der Waals surface area contributed by atoms with Crippen molar-refractivity contribution in [2.24, 2.45) is 5.16 Å². The van der Waals surface area contributed by atoms with E-state index in [2.05, 4.69) is 12.1 Å². The molecule has 14 heavy (non-hydrogen) atoms. The van der Waals surface area contributed by atoms with Crippen LogP contribution in [0.5, 0.6) is 0 Å². The minimum absolute atomic E-state index is 0.674. The van der Waals surface area contributed by atoms with Crippen LogP contribution in [0.3, 0.4) is 0 Å². The first-order chi connectivity index (χ1) is 6.83. The predicted octanol–water partition coefficient (Wildman–Crippen LogP) is 3.49. The summed E-state index contributed by atoms with van der Waals surface area (Å²) in [7, 11) is 0. The third kappa shape index (κ3) is 4.28. The fourth-order valence-electron chi connectivity index (χ4n) is 0.947. The lowest BCUT2D eigenvalue weighted by atomic mass is 10.2. The van der Waals surface area contributed by atoms with Crippen molar-refractivity contribution in [1.82, 2.24) is 0 Å². The molecule has 0 atom stereocenters. The zero-order chi connectivity index (χ0) is 10.2. The minimum Gasteiger partial charge on any atom is -0.396 e. The van der Waals surface area contributed by atoms with Crippen LogP contribution >= 0.6 is 11.6 Å². The number of unbranched alkanes of at least 4 members (excludes halogenated alkanes) is 1. The lowest BCUT2D eigenvalue weighted by Gasteiger charge is -1.96. The van der Waals surface area contributed by atoms with Gasteiger partial charge in [-0.2, -0.15) is 0 Å². The highest BCUT2D eigenvalue weighted by Crippen LogP contribution is 2.08. The van der Waals surface area contributed by atoms with E-state index >= 15 is 0 Å². The molecular formula is C11H14ClNO. The molecule has 3 heteroatoms. The molecule has 0 bridgehead atoms. The highest BCUT2D eigenvalue weighted by Gasteiger charge is 1.89. The van der Waals surface area contributed by atoms with Gasteiger partial charge in [-0.05, 0) is 24.1 Å². The number of halogens is 1. The van der Waals surface area contributed by atoms with Crippen LogP contribution in [0.2, 0.25) is 5.02 Å². The van der Waals surface area contributed by atoms with Gasteiger partial charge in [0.05, 0.1) is 6.21 Å². The molecule has 0 unspecified atom stereocenters.